The van der Waals surface area contributed by atoms with E-state index < -0.39 is 21.7 Å². The van der Waals surface area contributed by atoms with Gasteiger partial charge in [-0.3, -0.25) is 0 Å². The number of amides is 1. The first-order valence-corrected chi connectivity index (χ1v) is 12.2. The van der Waals surface area contributed by atoms with Crippen LogP contribution in [-0.2, 0) is 14.8 Å². The number of aryl methyl sites for hydroxylation is 1. The molecule has 33 heavy (non-hydrogen) atoms. The van der Waals surface area contributed by atoms with Crippen LogP contribution in [0.3, 0.4) is 0 Å². The number of benzene rings is 2. The van der Waals surface area contributed by atoms with Gasteiger partial charge in [-0.1, -0.05) is 11.6 Å². The molecule has 0 atom stereocenters. The first-order valence-electron chi connectivity index (χ1n) is 10.4. The number of hydrogen-bond acceptors (Lipinski definition) is 6. The molecule has 0 N–H and O–H groups in total. The van der Waals surface area contributed by atoms with Crippen molar-refractivity contribution in [1.82, 2.24) is 9.21 Å². The van der Waals surface area contributed by atoms with E-state index in [-0.39, 0.29) is 42.4 Å². The van der Waals surface area contributed by atoms with E-state index in [2.05, 4.69) is 0 Å². The van der Waals surface area contributed by atoms with Gasteiger partial charge in [-0.15, -0.1) is 0 Å². The molecule has 0 spiro atoms. The van der Waals surface area contributed by atoms with Crippen molar-refractivity contribution in [1.29, 1.82) is 5.26 Å². The minimum absolute atomic E-state index is 0.0882. The van der Waals surface area contributed by atoms with Gasteiger partial charge in [0.15, 0.2) is 0 Å². The maximum absolute atomic E-state index is 13.5. The summed E-state index contributed by atoms with van der Waals surface area (Å²) in [6.45, 7) is 7.73. The molecule has 0 bridgehead atoms. The predicted octanol–water partition coefficient (Wildman–Crippen LogP) is 4.55. The van der Waals surface area contributed by atoms with E-state index in [9.17, 15) is 18.5 Å². The summed E-state index contributed by atoms with van der Waals surface area (Å²) in [5, 5.41) is 9.76. The van der Waals surface area contributed by atoms with Crippen LogP contribution < -0.4 is 4.74 Å². The van der Waals surface area contributed by atoms with E-state index in [0.717, 1.165) is 5.56 Å². The molecule has 1 fully saturated rings. The number of carbonyl (C=O) groups excluding carboxylic acids is 1. The molecule has 0 radical (unpaired) electrons. The Hall–Kier alpha value is -2.80. The van der Waals surface area contributed by atoms with E-state index >= 15 is 0 Å². The normalized spacial score (nSPS) is 15.1. The SMILES string of the molecule is Cc1cc(Cl)cc(Oc2ccc(C#N)cc2S(=O)(=O)N2CCN(C(=O)OC(C)(C)C)CC2)c1. The number of halogens is 1. The molecule has 1 saturated heterocycles. The first-order chi connectivity index (χ1) is 15.4. The zero-order valence-corrected chi connectivity index (χ0v) is 20.5. The Morgan fingerprint density at radius 3 is 2.33 bits per heavy atom. The van der Waals surface area contributed by atoms with Crippen LogP contribution in [0.1, 0.15) is 31.9 Å². The van der Waals surface area contributed by atoms with Crippen molar-refractivity contribution in [2.45, 2.75) is 38.2 Å². The Balaban J connectivity index is 1.85. The Morgan fingerprint density at radius 2 is 1.76 bits per heavy atom. The standard InChI is InChI=1S/C23H26ClN3O5S/c1-16-11-18(24)14-19(12-16)31-20-6-5-17(15-25)13-21(20)33(29,30)27-9-7-26(8-10-27)22(28)32-23(2,3)4/h5-6,11-14H,7-10H2,1-4H3. The molecule has 2 aromatic rings. The molecule has 2 aromatic carbocycles. The highest BCUT2D eigenvalue weighted by Gasteiger charge is 2.34. The molecule has 1 heterocycles. The fourth-order valence-electron chi connectivity index (χ4n) is 3.33. The number of nitriles is 1. The van der Waals surface area contributed by atoms with Gasteiger partial charge in [-0.25, -0.2) is 13.2 Å². The largest absolute Gasteiger partial charge is 0.456 e. The number of hydrogen-bond donors (Lipinski definition) is 0. The molecule has 0 aromatic heterocycles. The topological polar surface area (TPSA) is 99.9 Å². The van der Waals surface area contributed by atoms with Crippen molar-refractivity contribution < 1.29 is 22.7 Å². The Bertz CT molecular complexity index is 1170. The maximum atomic E-state index is 13.5. The Kier molecular flexibility index (Phi) is 7.22. The lowest BCUT2D eigenvalue weighted by Gasteiger charge is -2.35. The van der Waals surface area contributed by atoms with Crippen LogP contribution in [0.5, 0.6) is 11.5 Å². The van der Waals surface area contributed by atoms with Gasteiger partial charge in [0, 0.05) is 31.2 Å². The monoisotopic (exact) mass is 491 g/mol. The molecule has 3 rings (SSSR count). The fraction of sp³-hybridized carbons (Fsp3) is 0.391. The second-order valence-corrected chi connectivity index (χ2v) is 11.1. The molecule has 0 unspecified atom stereocenters. The van der Waals surface area contributed by atoms with Crippen LogP contribution in [0, 0.1) is 18.3 Å². The third kappa shape index (κ3) is 6.16. The lowest BCUT2D eigenvalue weighted by Crippen LogP contribution is -2.51. The van der Waals surface area contributed by atoms with Crippen molar-refractivity contribution in [3.63, 3.8) is 0 Å². The van der Waals surface area contributed by atoms with Gasteiger partial charge in [0.2, 0.25) is 10.0 Å². The second-order valence-electron chi connectivity index (χ2n) is 8.71. The van der Waals surface area contributed by atoms with Crippen molar-refractivity contribution in [2.75, 3.05) is 26.2 Å². The average molecular weight is 492 g/mol. The molecule has 1 amide bonds. The smallest absolute Gasteiger partial charge is 0.410 e. The van der Waals surface area contributed by atoms with E-state index in [0.29, 0.717) is 10.8 Å². The zero-order chi connectivity index (χ0) is 24.4. The lowest BCUT2D eigenvalue weighted by atomic mass is 10.2. The Labute approximate surface area is 199 Å². The first kappa shape index (κ1) is 24.8. The van der Waals surface area contributed by atoms with Gasteiger partial charge in [-0.2, -0.15) is 9.57 Å². The second kappa shape index (κ2) is 9.59. The maximum Gasteiger partial charge on any atom is 0.410 e. The molecule has 176 valence electrons. The van der Waals surface area contributed by atoms with Gasteiger partial charge >= 0.3 is 6.09 Å². The van der Waals surface area contributed by atoms with Crippen molar-refractivity contribution >= 4 is 27.7 Å². The van der Waals surface area contributed by atoms with Crippen molar-refractivity contribution in [3.05, 3.63) is 52.5 Å². The number of piperazine rings is 1. The predicted molar refractivity (Wildman–Crippen MR) is 124 cm³/mol. The van der Waals surface area contributed by atoms with Gasteiger partial charge in [-0.05, 0) is 69.7 Å². The highest BCUT2D eigenvalue weighted by molar-refractivity contribution is 7.89. The molecule has 1 aliphatic rings. The van der Waals surface area contributed by atoms with E-state index in [4.69, 9.17) is 21.1 Å². The van der Waals surface area contributed by atoms with E-state index in [1.165, 1.54) is 27.4 Å². The number of nitrogens with zero attached hydrogens (tertiary/aromatic N) is 3. The van der Waals surface area contributed by atoms with E-state index in [1.54, 1.807) is 39.0 Å². The average Bonchev–Trinajstić information content (AvgIpc) is 2.72. The van der Waals surface area contributed by atoms with Gasteiger partial charge < -0.3 is 14.4 Å². The van der Waals surface area contributed by atoms with Crippen LogP contribution in [0.15, 0.2) is 41.3 Å². The summed E-state index contributed by atoms with van der Waals surface area (Å²) in [5.41, 5.74) is 0.410. The fourth-order valence-corrected chi connectivity index (χ4v) is 5.17. The van der Waals surface area contributed by atoms with Crippen LogP contribution in [0.2, 0.25) is 5.02 Å². The number of rotatable bonds is 4. The molecule has 0 saturated carbocycles. The third-order valence-electron chi connectivity index (χ3n) is 4.82. The molecule has 8 nitrogen and oxygen atoms in total. The number of carbonyl (C=O) groups is 1. The van der Waals surface area contributed by atoms with Crippen LogP contribution in [0.25, 0.3) is 0 Å². The van der Waals surface area contributed by atoms with Crippen molar-refractivity contribution in [3.8, 4) is 17.6 Å². The highest BCUT2D eigenvalue weighted by Crippen LogP contribution is 2.33. The summed E-state index contributed by atoms with van der Waals surface area (Å²) in [6, 6.07) is 11.3. The summed E-state index contributed by atoms with van der Waals surface area (Å²) in [7, 11) is -4.00. The molecular formula is C23H26ClN3O5S. The summed E-state index contributed by atoms with van der Waals surface area (Å²) in [4.78, 5) is 13.7. The molecule has 0 aliphatic carbocycles. The summed E-state index contributed by atoms with van der Waals surface area (Å²) >= 11 is 6.10. The summed E-state index contributed by atoms with van der Waals surface area (Å²) in [6.07, 6.45) is -0.480. The quantitative estimate of drug-likeness (QED) is 0.621. The summed E-state index contributed by atoms with van der Waals surface area (Å²) < 4.78 is 39.5. The number of ether oxygens (including phenoxy) is 2. The molecule has 1 aliphatic heterocycles. The zero-order valence-electron chi connectivity index (χ0n) is 19.0. The minimum atomic E-state index is -4.00. The molecular weight excluding hydrogens is 466 g/mol. The van der Waals surface area contributed by atoms with Gasteiger partial charge in [0.05, 0.1) is 11.6 Å². The van der Waals surface area contributed by atoms with Crippen LogP contribution >= 0.6 is 11.6 Å². The number of sulfonamides is 1. The van der Waals surface area contributed by atoms with Crippen molar-refractivity contribution in [2.24, 2.45) is 0 Å². The Morgan fingerprint density at radius 1 is 1.09 bits per heavy atom. The van der Waals surface area contributed by atoms with Crippen LogP contribution in [-0.4, -0.2) is 55.5 Å². The summed E-state index contributed by atoms with van der Waals surface area (Å²) in [5.74, 6) is 0.473. The van der Waals surface area contributed by atoms with Gasteiger partial charge in [0.25, 0.3) is 0 Å². The van der Waals surface area contributed by atoms with E-state index in [1.807, 2.05) is 13.0 Å². The molecule has 10 heteroatoms. The minimum Gasteiger partial charge on any atom is -0.456 e. The highest BCUT2D eigenvalue weighted by atomic mass is 35.5. The van der Waals surface area contributed by atoms with Crippen LogP contribution in [0.4, 0.5) is 4.79 Å². The lowest BCUT2D eigenvalue weighted by molar-refractivity contribution is 0.0192. The van der Waals surface area contributed by atoms with Gasteiger partial charge in [0.1, 0.15) is 22.0 Å². The third-order valence-corrected chi connectivity index (χ3v) is 6.96.